The molecule has 4 aromatic rings. The lowest BCUT2D eigenvalue weighted by Gasteiger charge is -2.25. The number of hydrogen-bond acceptors (Lipinski definition) is 5. The summed E-state index contributed by atoms with van der Waals surface area (Å²) >= 11 is 1.37. The summed E-state index contributed by atoms with van der Waals surface area (Å²) in [5.74, 6) is -1.37. The van der Waals surface area contributed by atoms with E-state index in [9.17, 15) is 14.4 Å². The number of hydrogen-bond donors (Lipinski definition) is 1. The number of rotatable bonds is 6. The van der Waals surface area contributed by atoms with Gasteiger partial charge in [0.25, 0.3) is 11.8 Å². The molecular formula is C28H23N3O3S. The van der Waals surface area contributed by atoms with Gasteiger partial charge in [-0.05, 0) is 31.5 Å². The number of nitrogens with one attached hydrogen (secondary N) is 1. The molecule has 1 aromatic heterocycles. The Morgan fingerprint density at radius 3 is 2.11 bits per heavy atom. The molecular weight excluding hydrogens is 458 g/mol. The lowest BCUT2D eigenvalue weighted by molar-refractivity contribution is -0.119. The van der Waals surface area contributed by atoms with E-state index in [0.717, 1.165) is 32.2 Å². The second-order valence-electron chi connectivity index (χ2n) is 8.51. The highest BCUT2D eigenvalue weighted by Gasteiger charge is 2.42. The van der Waals surface area contributed by atoms with Crippen LogP contribution in [0, 0.1) is 13.8 Å². The first kappa shape index (κ1) is 22.7. The van der Waals surface area contributed by atoms with Crippen molar-refractivity contribution in [1.29, 1.82) is 0 Å². The van der Waals surface area contributed by atoms with E-state index in [0.29, 0.717) is 16.3 Å². The molecule has 0 saturated heterocycles. The molecule has 3 aromatic carbocycles. The summed E-state index contributed by atoms with van der Waals surface area (Å²) in [6, 6.07) is 23.0. The number of aryl methyl sites for hydroxylation is 2. The number of anilines is 1. The van der Waals surface area contributed by atoms with Crippen molar-refractivity contribution in [2.45, 2.75) is 26.3 Å². The molecule has 0 fully saturated rings. The van der Waals surface area contributed by atoms with Crippen molar-refractivity contribution >= 4 is 34.2 Å². The Labute approximate surface area is 207 Å². The maximum atomic E-state index is 13.6. The van der Waals surface area contributed by atoms with Crippen molar-refractivity contribution in [3.05, 3.63) is 106 Å². The number of imide groups is 1. The van der Waals surface area contributed by atoms with Gasteiger partial charge in [-0.2, -0.15) is 0 Å². The van der Waals surface area contributed by atoms with Gasteiger partial charge >= 0.3 is 0 Å². The molecule has 1 atom stereocenters. The van der Waals surface area contributed by atoms with Gasteiger partial charge in [-0.1, -0.05) is 72.3 Å². The highest BCUT2D eigenvalue weighted by atomic mass is 32.1. The fourth-order valence-electron chi connectivity index (χ4n) is 4.25. The Morgan fingerprint density at radius 2 is 1.49 bits per heavy atom. The molecule has 5 rings (SSSR count). The van der Waals surface area contributed by atoms with Gasteiger partial charge in [-0.25, -0.2) is 4.98 Å². The van der Waals surface area contributed by atoms with Crippen molar-refractivity contribution in [2.75, 3.05) is 5.32 Å². The van der Waals surface area contributed by atoms with Gasteiger partial charge in [-0.3, -0.25) is 19.3 Å². The van der Waals surface area contributed by atoms with Gasteiger partial charge < -0.3 is 5.32 Å². The molecule has 0 radical (unpaired) electrons. The van der Waals surface area contributed by atoms with E-state index in [-0.39, 0.29) is 6.42 Å². The summed E-state index contributed by atoms with van der Waals surface area (Å²) in [7, 11) is 0. The number of fused-ring (bicyclic) bond motifs is 1. The number of benzene rings is 3. The van der Waals surface area contributed by atoms with Crippen LogP contribution in [0.25, 0.3) is 11.3 Å². The number of thiazole rings is 1. The summed E-state index contributed by atoms with van der Waals surface area (Å²) < 4.78 is 0. The average Bonchev–Trinajstić information content (AvgIpc) is 3.35. The lowest BCUT2D eigenvalue weighted by atomic mass is 10.0. The Hall–Kier alpha value is -4.10. The predicted molar refractivity (Wildman–Crippen MR) is 137 cm³/mol. The third-order valence-electron chi connectivity index (χ3n) is 6.06. The number of carbonyl (C=O) groups is 3. The standard InChI is InChI=1S/C28H23N3O3S/c1-17-12-14-20(15-13-17)24-18(2)35-28(29-24)30-25(32)23(16-19-8-4-3-5-9-19)31-26(33)21-10-6-7-11-22(21)27(31)34/h3-15,23H,16H2,1-2H3,(H,29,30,32). The van der Waals surface area contributed by atoms with Crippen LogP contribution in [0.5, 0.6) is 0 Å². The molecule has 1 aliphatic rings. The molecule has 6 nitrogen and oxygen atoms in total. The van der Waals surface area contributed by atoms with Gasteiger partial charge in [0.2, 0.25) is 5.91 Å². The van der Waals surface area contributed by atoms with E-state index in [1.54, 1.807) is 24.3 Å². The molecule has 1 N–H and O–H groups in total. The van der Waals surface area contributed by atoms with Crippen LogP contribution < -0.4 is 5.32 Å². The van der Waals surface area contributed by atoms with Crippen LogP contribution in [0.4, 0.5) is 5.13 Å². The van der Waals surface area contributed by atoms with E-state index in [1.165, 1.54) is 11.3 Å². The molecule has 2 heterocycles. The van der Waals surface area contributed by atoms with Crippen LogP contribution in [0.1, 0.15) is 36.7 Å². The maximum Gasteiger partial charge on any atom is 0.262 e. The second-order valence-corrected chi connectivity index (χ2v) is 9.71. The van der Waals surface area contributed by atoms with E-state index < -0.39 is 23.8 Å². The topological polar surface area (TPSA) is 79.4 Å². The molecule has 3 amide bonds. The number of nitrogens with zero attached hydrogens (tertiary/aromatic N) is 2. The van der Waals surface area contributed by atoms with Gasteiger partial charge in [0.15, 0.2) is 5.13 Å². The summed E-state index contributed by atoms with van der Waals surface area (Å²) in [5, 5.41) is 3.30. The first-order chi connectivity index (χ1) is 16.9. The Morgan fingerprint density at radius 1 is 0.886 bits per heavy atom. The zero-order valence-electron chi connectivity index (χ0n) is 19.3. The molecule has 174 valence electrons. The third kappa shape index (κ3) is 4.38. The van der Waals surface area contributed by atoms with Gasteiger partial charge in [0.05, 0.1) is 16.8 Å². The molecule has 35 heavy (non-hydrogen) atoms. The zero-order chi connectivity index (χ0) is 24.5. The monoisotopic (exact) mass is 481 g/mol. The largest absolute Gasteiger partial charge is 0.300 e. The molecule has 7 heteroatoms. The number of aromatic nitrogens is 1. The fraction of sp³-hybridized carbons (Fsp3) is 0.143. The zero-order valence-corrected chi connectivity index (χ0v) is 20.1. The minimum absolute atomic E-state index is 0.202. The first-order valence-electron chi connectivity index (χ1n) is 11.3. The maximum absolute atomic E-state index is 13.6. The summed E-state index contributed by atoms with van der Waals surface area (Å²) in [6.45, 7) is 3.98. The first-order valence-corrected chi connectivity index (χ1v) is 12.1. The van der Waals surface area contributed by atoms with Crippen LogP contribution >= 0.6 is 11.3 Å². The third-order valence-corrected chi connectivity index (χ3v) is 6.95. The van der Waals surface area contributed by atoms with Crippen LogP contribution in [-0.2, 0) is 11.2 Å². The molecule has 1 unspecified atom stereocenters. The van der Waals surface area contributed by atoms with Crippen molar-refractivity contribution in [1.82, 2.24) is 9.88 Å². The van der Waals surface area contributed by atoms with E-state index >= 15 is 0 Å². The summed E-state index contributed by atoms with van der Waals surface area (Å²) in [4.78, 5) is 46.6. The van der Waals surface area contributed by atoms with Crippen LogP contribution in [-0.4, -0.2) is 33.6 Å². The van der Waals surface area contributed by atoms with Crippen molar-refractivity contribution < 1.29 is 14.4 Å². The molecule has 0 bridgehead atoms. The summed E-state index contributed by atoms with van der Waals surface area (Å²) in [6.07, 6.45) is 0.202. The van der Waals surface area contributed by atoms with E-state index in [1.807, 2.05) is 68.4 Å². The quantitative estimate of drug-likeness (QED) is 0.381. The molecule has 1 aliphatic heterocycles. The van der Waals surface area contributed by atoms with Crippen molar-refractivity contribution in [3.8, 4) is 11.3 Å². The Bertz CT molecular complexity index is 1390. The van der Waals surface area contributed by atoms with Gasteiger partial charge in [-0.15, -0.1) is 11.3 Å². The smallest absolute Gasteiger partial charge is 0.262 e. The van der Waals surface area contributed by atoms with Gasteiger partial charge in [0, 0.05) is 16.9 Å². The van der Waals surface area contributed by atoms with Gasteiger partial charge in [0.1, 0.15) is 6.04 Å². The van der Waals surface area contributed by atoms with E-state index in [2.05, 4.69) is 10.3 Å². The predicted octanol–water partition coefficient (Wildman–Crippen LogP) is 5.27. The summed E-state index contributed by atoms with van der Waals surface area (Å²) in [5.41, 5.74) is 4.39. The highest BCUT2D eigenvalue weighted by molar-refractivity contribution is 7.16. The molecule has 0 spiro atoms. The molecule has 0 aliphatic carbocycles. The van der Waals surface area contributed by atoms with Crippen molar-refractivity contribution in [2.24, 2.45) is 0 Å². The minimum atomic E-state index is -1.02. The SMILES string of the molecule is Cc1ccc(-c2nc(NC(=O)C(Cc3ccccc3)N3C(=O)c4ccccc4C3=O)sc2C)cc1. The lowest BCUT2D eigenvalue weighted by Crippen LogP contribution is -2.48. The van der Waals surface area contributed by atoms with Crippen LogP contribution in [0.2, 0.25) is 0 Å². The second kappa shape index (κ2) is 9.27. The number of carbonyl (C=O) groups excluding carboxylic acids is 3. The Kier molecular flexibility index (Phi) is 6.01. The number of amides is 3. The van der Waals surface area contributed by atoms with E-state index in [4.69, 9.17) is 0 Å². The van der Waals surface area contributed by atoms with Crippen LogP contribution in [0.15, 0.2) is 78.9 Å². The fourth-order valence-corrected chi connectivity index (χ4v) is 5.09. The normalized spacial score (nSPS) is 13.6. The van der Waals surface area contributed by atoms with Crippen LogP contribution in [0.3, 0.4) is 0 Å². The highest BCUT2D eigenvalue weighted by Crippen LogP contribution is 2.32. The van der Waals surface area contributed by atoms with Crippen molar-refractivity contribution in [3.63, 3.8) is 0 Å². The Balaban J connectivity index is 1.45. The molecule has 0 saturated carbocycles. The average molecular weight is 482 g/mol. The minimum Gasteiger partial charge on any atom is -0.300 e.